The van der Waals surface area contributed by atoms with Crippen LogP contribution in [0.1, 0.15) is 35.4 Å². The molecule has 17 heteroatoms. The fourth-order valence-corrected chi connectivity index (χ4v) is 8.93. The number of anilines is 2. The van der Waals surface area contributed by atoms with Gasteiger partial charge in [-0.25, -0.2) is 14.2 Å². The molecule has 2 aliphatic heterocycles. The molecule has 4 amide bonds. The third-order valence-corrected chi connectivity index (χ3v) is 11.7. The van der Waals surface area contributed by atoms with Crippen LogP contribution < -0.4 is 9.80 Å². The van der Waals surface area contributed by atoms with Crippen LogP contribution in [-0.4, -0.2) is 38.5 Å². The first-order valence-corrected chi connectivity index (χ1v) is 16.2. The maximum atomic E-state index is 14.4. The van der Waals surface area contributed by atoms with Crippen molar-refractivity contribution in [1.29, 1.82) is 0 Å². The molecular formula is C34H20Cl3F7N2O5. The van der Waals surface area contributed by atoms with Gasteiger partial charge in [-0.15, -0.1) is 23.2 Å². The van der Waals surface area contributed by atoms with E-state index in [1.807, 2.05) is 0 Å². The average molecular weight is 776 g/mol. The summed E-state index contributed by atoms with van der Waals surface area (Å²) in [4.78, 5) is 52.6. The minimum atomic E-state index is -5.28. The molecule has 7 rings (SSSR count). The molecule has 51 heavy (non-hydrogen) atoms. The van der Waals surface area contributed by atoms with Gasteiger partial charge in [-0.2, -0.15) is 26.3 Å². The molecule has 4 aliphatic rings. The lowest BCUT2D eigenvalue weighted by molar-refractivity contribution is -0.143. The number of allylic oxidation sites excluding steroid dienone is 2. The quantitative estimate of drug-likeness (QED) is 0.126. The molecule has 3 aromatic carbocycles. The SMILES string of the molecule is O=C1C2CC=C3C(CC4(Cl)C(=O)N(c5ccc(F)cc5)C(=O)C4(Cl)C3c3cc(Cl)ccc3O)C2C(=O)N1c1cc(C(F)(F)F)cc(C(F)(F)F)c1. The van der Waals surface area contributed by atoms with Gasteiger partial charge >= 0.3 is 12.4 Å². The fourth-order valence-electron chi connectivity index (χ4n) is 7.82. The summed E-state index contributed by atoms with van der Waals surface area (Å²) in [6, 6.07) is 8.33. The molecule has 0 aromatic heterocycles. The van der Waals surface area contributed by atoms with E-state index >= 15 is 0 Å². The number of hydrogen-bond donors (Lipinski definition) is 1. The van der Waals surface area contributed by atoms with E-state index in [9.17, 15) is 55.0 Å². The van der Waals surface area contributed by atoms with Gasteiger partial charge in [0.1, 0.15) is 11.6 Å². The van der Waals surface area contributed by atoms with Crippen molar-refractivity contribution in [2.45, 2.75) is 40.9 Å². The first kappa shape index (κ1) is 35.3. The maximum absolute atomic E-state index is 14.4. The van der Waals surface area contributed by atoms with Crippen LogP contribution in [0.2, 0.25) is 5.02 Å². The number of hydrogen-bond acceptors (Lipinski definition) is 5. The smallest absolute Gasteiger partial charge is 0.416 e. The Morgan fingerprint density at radius 1 is 0.745 bits per heavy atom. The number of halogens is 10. The van der Waals surface area contributed by atoms with Crippen LogP contribution in [-0.2, 0) is 31.5 Å². The van der Waals surface area contributed by atoms with E-state index in [1.165, 1.54) is 24.3 Å². The van der Waals surface area contributed by atoms with E-state index in [2.05, 4.69) is 0 Å². The standard InChI is InChI=1S/C34H20Cl3F7N2O5/c35-16-1-8-24(47)22(12-16)26-20-6-7-21-25(28(49)45(27(21)48)19-10-14(33(39,40)41)9-15(11-19)34(42,43)44)23(20)13-31(36)29(50)46(30(51)32(26,31)37)18-4-2-17(38)3-5-18/h1-6,8-12,21,23,25-26,47H,7,13H2. The van der Waals surface area contributed by atoms with Crippen molar-refractivity contribution in [3.8, 4) is 5.75 Å². The van der Waals surface area contributed by atoms with Gasteiger partial charge in [0.15, 0.2) is 9.75 Å². The third kappa shape index (κ3) is 5.07. The number of amides is 4. The summed E-state index contributed by atoms with van der Waals surface area (Å²) in [6.07, 6.45) is -10.0. The topological polar surface area (TPSA) is 95.0 Å². The largest absolute Gasteiger partial charge is 0.508 e. The Morgan fingerprint density at radius 2 is 1.35 bits per heavy atom. The van der Waals surface area contributed by atoms with E-state index in [1.54, 1.807) is 0 Å². The van der Waals surface area contributed by atoms with Gasteiger partial charge in [-0.3, -0.25) is 19.2 Å². The number of imide groups is 2. The average Bonchev–Trinajstić information content (AvgIpc) is 3.39. The predicted octanol–water partition coefficient (Wildman–Crippen LogP) is 7.99. The van der Waals surface area contributed by atoms with Crippen LogP contribution in [0.25, 0.3) is 0 Å². The number of carbonyl (C=O) groups excluding carboxylic acids is 4. The number of aromatic hydroxyl groups is 1. The summed E-state index contributed by atoms with van der Waals surface area (Å²) < 4.78 is 96.3. The Kier molecular flexibility index (Phi) is 7.90. The molecule has 2 saturated heterocycles. The summed E-state index contributed by atoms with van der Waals surface area (Å²) in [5.41, 5.74) is -4.53. The highest BCUT2D eigenvalue weighted by Crippen LogP contribution is 2.66. The number of nitrogens with zero attached hydrogens (tertiary/aromatic N) is 2. The Bertz CT molecular complexity index is 2060. The van der Waals surface area contributed by atoms with Gasteiger partial charge in [0.25, 0.3) is 11.8 Å². The zero-order chi connectivity index (χ0) is 37.2. The minimum Gasteiger partial charge on any atom is -0.508 e. The Morgan fingerprint density at radius 3 is 1.94 bits per heavy atom. The van der Waals surface area contributed by atoms with Gasteiger partial charge in [0, 0.05) is 16.5 Å². The molecule has 2 aliphatic carbocycles. The lowest BCUT2D eigenvalue weighted by Gasteiger charge is -2.50. The Labute approximate surface area is 298 Å². The molecule has 266 valence electrons. The highest BCUT2D eigenvalue weighted by molar-refractivity contribution is 6.58. The Balaban J connectivity index is 1.39. The van der Waals surface area contributed by atoms with Crippen molar-refractivity contribution < 1.29 is 55.0 Å². The number of fused-ring (bicyclic) bond motifs is 4. The summed E-state index contributed by atoms with van der Waals surface area (Å²) in [5, 5.41) is 11.1. The fraction of sp³-hybridized carbons (Fsp3) is 0.294. The van der Waals surface area contributed by atoms with Gasteiger partial charge in [0.05, 0.1) is 34.3 Å². The molecule has 6 atom stereocenters. The number of phenols is 1. The summed E-state index contributed by atoms with van der Waals surface area (Å²) in [5.74, 6) is -11.2. The highest BCUT2D eigenvalue weighted by atomic mass is 35.5. The van der Waals surface area contributed by atoms with Gasteiger partial charge < -0.3 is 5.11 Å². The molecule has 6 unspecified atom stereocenters. The molecule has 0 radical (unpaired) electrons. The molecule has 3 fully saturated rings. The maximum Gasteiger partial charge on any atom is 0.416 e. The number of carbonyl (C=O) groups is 4. The number of alkyl halides is 8. The summed E-state index contributed by atoms with van der Waals surface area (Å²) >= 11 is 20.7. The van der Waals surface area contributed by atoms with Crippen LogP contribution in [0.5, 0.6) is 5.75 Å². The third-order valence-electron chi connectivity index (χ3n) is 10.0. The molecule has 2 heterocycles. The van der Waals surface area contributed by atoms with E-state index in [0.717, 1.165) is 24.3 Å². The molecule has 0 spiro atoms. The highest BCUT2D eigenvalue weighted by Gasteiger charge is 2.77. The van der Waals surface area contributed by atoms with E-state index < -0.39 is 104 Å². The van der Waals surface area contributed by atoms with Gasteiger partial charge in [-0.05, 0) is 79.4 Å². The van der Waals surface area contributed by atoms with Crippen molar-refractivity contribution in [2.24, 2.45) is 17.8 Å². The van der Waals surface area contributed by atoms with Crippen LogP contribution in [0, 0.1) is 23.6 Å². The zero-order valence-corrected chi connectivity index (χ0v) is 27.6. The van der Waals surface area contributed by atoms with Crippen LogP contribution >= 0.6 is 34.8 Å². The zero-order valence-electron chi connectivity index (χ0n) is 25.3. The van der Waals surface area contributed by atoms with Crippen LogP contribution in [0.4, 0.5) is 42.1 Å². The lowest BCUT2D eigenvalue weighted by Crippen LogP contribution is -2.60. The molecule has 0 bridgehead atoms. The summed E-state index contributed by atoms with van der Waals surface area (Å²) in [6.45, 7) is 0. The van der Waals surface area contributed by atoms with E-state index in [4.69, 9.17) is 34.8 Å². The molecule has 7 nitrogen and oxygen atoms in total. The van der Waals surface area contributed by atoms with Crippen molar-refractivity contribution in [1.82, 2.24) is 0 Å². The van der Waals surface area contributed by atoms with E-state index in [-0.39, 0.29) is 51.4 Å². The molecule has 1 saturated carbocycles. The normalized spacial score (nSPS) is 29.3. The van der Waals surface area contributed by atoms with Crippen molar-refractivity contribution in [3.05, 3.63) is 99.8 Å². The number of rotatable bonds is 3. The second-order valence-electron chi connectivity index (χ2n) is 12.7. The first-order chi connectivity index (χ1) is 23.7. The molecular weight excluding hydrogens is 756 g/mol. The molecule has 1 N–H and O–H groups in total. The van der Waals surface area contributed by atoms with Crippen molar-refractivity contribution in [3.63, 3.8) is 0 Å². The van der Waals surface area contributed by atoms with Gasteiger partial charge in [-0.1, -0.05) is 23.3 Å². The predicted molar refractivity (Wildman–Crippen MR) is 169 cm³/mol. The van der Waals surface area contributed by atoms with E-state index in [0.29, 0.717) is 4.90 Å². The monoisotopic (exact) mass is 774 g/mol. The van der Waals surface area contributed by atoms with Crippen molar-refractivity contribution >= 4 is 69.8 Å². The van der Waals surface area contributed by atoms with Crippen LogP contribution in [0.15, 0.2) is 72.3 Å². The van der Waals surface area contributed by atoms with Crippen molar-refractivity contribution in [2.75, 3.05) is 9.80 Å². The molecule has 3 aromatic rings. The number of benzene rings is 3. The lowest BCUT2D eigenvalue weighted by atomic mass is 9.56. The Hall–Kier alpha value is -4.14. The second kappa shape index (κ2) is 11.4. The second-order valence-corrected chi connectivity index (χ2v) is 14.4. The first-order valence-electron chi connectivity index (χ1n) is 15.1. The summed E-state index contributed by atoms with van der Waals surface area (Å²) in [7, 11) is 0. The minimum absolute atomic E-state index is 0.0510. The van der Waals surface area contributed by atoms with Crippen LogP contribution in [0.3, 0.4) is 0 Å². The van der Waals surface area contributed by atoms with Gasteiger partial charge in [0.2, 0.25) is 11.8 Å². The number of phenolic OH excluding ortho intramolecular Hbond substituents is 1.